The molecule has 3 fully saturated rings. The van der Waals surface area contributed by atoms with Crippen LogP contribution in [0.1, 0.15) is 82.7 Å². The van der Waals surface area contributed by atoms with Gasteiger partial charge in [0.05, 0.1) is 11.3 Å². The molecule has 3 N–H and O–H groups in total. The van der Waals surface area contributed by atoms with Crippen molar-refractivity contribution in [2.24, 2.45) is 13.0 Å². The molecular weight excluding hydrogens is 627 g/mol. The maximum atomic E-state index is 16.0. The van der Waals surface area contributed by atoms with E-state index in [1.54, 1.807) is 33.5 Å². The summed E-state index contributed by atoms with van der Waals surface area (Å²) in [6, 6.07) is 2.24. The highest BCUT2D eigenvalue weighted by Crippen LogP contribution is 2.35. The minimum atomic E-state index is -3.47. The number of rotatable bonds is 6. The van der Waals surface area contributed by atoms with Crippen molar-refractivity contribution in [3.05, 3.63) is 57.9 Å². The fourth-order valence-electron chi connectivity index (χ4n) is 7.77. The number of halogens is 1. The van der Waals surface area contributed by atoms with Gasteiger partial charge < -0.3 is 20.6 Å². The first-order chi connectivity index (χ1) is 22.3. The van der Waals surface area contributed by atoms with Crippen molar-refractivity contribution in [1.29, 1.82) is 0 Å². The lowest BCUT2D eigenvalue weighted by Gasteiger charge is -2.41. The number of piperidine rings is 3. The summed E-state index contributed by atoms with van der Waals surface area (Å²) in [5.74, 6) is -1.40. The lowest BCUT2D eigenvalue weighted by atomic mass is 9.88. The summed E-state index contributed by atoms with van der Waals surface area (Å²) in [4.78, 5) is 40.6. The standard InChI is InChI=1S/C33H45FN6O6S/c1-33(2)15-4-5-16-39(33)47(45,46)20-21-7-6-8-23(19-21)35-31(43)38-17-13-22(14-18-38)24-9-10-25-29(28(24)34)37(3)32(44)40(25)26-11-12-27(41)36-30(26)42/h6-10,21-22,26-27,41H,4-5,11-20H2,1-3H3,(H,35,43)(H,36,42). The first-order valence-electron chi connectivity index (χ1n) is 16.6. The number of allylic oxidation sites excluding steroid dienone is 4. The van der Waals surface area contributed by atoms with Gasteiger partial charge in [0.1, 0.15) is 17.8 Å². The van der Waals surface area contributed by atoms with Crippen LogP contribution < -0.4 is 16.3 Å². The normalized spacial score (nSPS) is 25.9. The second kappa shape index (κ2) is 12.8. The Morgan fingerprint density at radius 1 is 1.11 bits per heavy atom. The van der Waals surface area contributed by atoms with Gasteiger partial charge in [-0.25, -0.2) is 22.4 Å². The van der Waals surface area contributed by atoms with Gasteiger partial charge >= 0.3 is 11.7 Å². The predicted molar refractivity (Wildman–Crippen MR) is 175 cm³/mol. The van der Waals surface area contributed by atoms with Gasteiger partial charge in [-0.3, -0.25) is 13.9 Å². The molecule has 0 spiro atoms. The van der Waals surface area contributed by atoms with E-state index in [0.29, 0.717) is 62.1 Å². The molecule has 4 aliphatic rings. The molecule has 4 heterocycles. The summed E-state index contributed by atoms with van der Waals surface area (Å²) in [6.07, 6.45) is 9.28. The second-order valence-electron chi connectivity index (χ2n) is 14.0. The topological polar surface area (TPSA) is 146 Å². The van der Waals surface area contributed by atoms with Crippen LogP contribution in [-0.2, 0) is 21.9 Å². The SMILES string of the molecule is Cn1c(=O)n(C2CCC(O)NC2=O)c2ccc(C3CCN(C(=O)NC4=CC=CC(CS(=O)(=O)N5CCCCC5(C)C)C4)CC3)c(F)c21. The molecule has 3 atom stereocenters. The molecule has 0 bridgehead atoms. The molecule has 12 nitrogen and oxygen atoms in total. The zero-order valence-corrected chi connectivity index (χ0v) is 28.1. The van der Waals surface area contributed by atoms with Crippen molar-refractivity contribution < 1.29 is 27.5 Å². The fraction of sp³-hybridized carbons (Fsp3) is 0.606. The van der Waals surface area contributed by atoms with Crippen molar-refractivity contribution in [2.45, 2.75) is 88.9 Å². The number of aliphatic hydroxyl groups is 1. The highest BCUT2D eigenvalue weighted by molar-refractivity contribution is 7.89. The molecule has 0 radical (unpaired) electrons. The number of likely N-dealkylation sites (tertiary alicyclic amines) is 1. The summed E-state index contributed by atoms with van der Waals surface area (Å²) in [5.41, 5.74) is 0.692. The monoisotopic (exact) mass is 672 g/mol. The van der Waals surface area contributed by atoms with E-state index in [1.165, 1.54) is 16.2 Å². The minimum absolute atomic E-state index is 0.00655. The van der Waals surface area contributed by atoms with Crippen LogP contribution >= 0.6 is 0 Å². The number of aryl methyl sites for hydroxylation is 1. The molecule has 2 aromatic rings. The van der Waals surface area contributed by atoms with Gasteiger partial charge in [-0.05, 0) is 88.3 Å². The van der Waals surface area contributed by atoms with Crippen LogP contribution in [0.2, 0.25) is 0 Å². The van der Waals surface area contributed by atoms with Gasteiger partial charge in [-0.2, -0.15) is 4.31 Å². The zero-order valence-electron chi connectivity index (χ0n) is 27.2. The van der Waals surface area contributed by atoms with Gasteiger partial charge in [0.15, 0.2) is 5.82 Å². The van der Waals surface area contributed by atoms with Crippen LogP contribution in [0.4, 0.5) is 9.18 Å². The number of sulfonamides is 1. The number of carbonyl (C=O) groups excluding carboxylic acids is 2. The fourth-order valence-corrected chi connectivity index (χ4v) is 9.97. The Morgan fingerprint density at radius 2 is 1.85 bits per heavy atom. The number of aromatic nitrogens is 2. The Kier molecular flexibility index (Phi) is 9.13. The first-order valence-corrected chi connectivity index (χ1v) is 18.2. The minimum Gasteiger partial charge on any atom is -0.374 e. The molecule has 1 aromatic carbocycles. The number of amides is 3. The summed E-state index contributed by atoms with van der Waals surface area (Å²) in [5, 5.41) is 15.2. The number of hydrogen-bond acceptors (Lipinski definition) is 6. The van der Waals surface area contributed by atoms with Gasteiger partial charge in [-0.15, -0.1) is 0 Å². The number of hydrogen-bond donors (Lipinski definition) is 3. The van der Waals surface area contributed by atoms with Crippen LogP contribution in [0.25, 0.3) is 11.0 Å². The van der Waals surface area contributed by atoms with Crippen LogP contribution in [0, 0.1) is 11.7 Å². The lowest BCUT2D eigenvalue weighted by molar-refractivity contribution is -0.130. The van der Waals surface area contributed by atoms with Gasteiger partial charge in [0.25, 0.3) is 0 Å². The van der Waals surface area contributed by atoms with E-state index in [1.807, 2.05) is 19.9 Å². The van der Waals surface area contributed by atoms with Crippen molar-refractivity contribution in [1.82, 2.24) is 29.0 Å². The van der Waals surface area contributed by atoms with Crippen LogP contribution in [0.5, 0.6) is 0 Å². The Balaban J connectivity index is 1.07. The molecule has 1 aliphatic carbocycles. The van der Waals surface area contributed by atoms with E-state index in [0.717, 1.165) is 19.3 Å². The highest BCUT2D eigenvalue weighted by atomic mass is 32.2. The van der Waals surface area contributed by atoms with E-state index in [9.17, 15) is 27.9 Å². The molecule has 1 aromatic heterocycles. The van der Waals surface area contributed by atoms with Gasteiger partial charge in [0.2, 0.25) is 15.9 Å². The third-order valence-corrected chi connectivity index (χ3v) is 12.5. The lowest BCUT2D eigenvalue weighted by Crippen LogP contribution is -2.52. The summed E-state index contributed by atoms with van der Waals surface area (Å²) >= 11 is 0. The highest BCUT2D eigenvalue weighted by Gasteiger charge is 2.39. The van der Waals surface area contributed by atoms with Crippen molar-refractivity contribution >= 4 is 33.0 Å². The molecule has 3 aliphatic heterocycles. The molecule has 3 unspecified atom stereocenters. The van der Waals surface area contributed by atoms with E-state index in [4.69, 9.17) is 0 Å². The number of urea groups is 1. The molecule has 47 heavy (non-hydrogen) atoms. The predicted octanol–water partition coefficient (Wildman–Crippen LogP) is 3.19. The van der Waals surface area contributed by atoms with Gasteiger partial charge in [0, 0.05) is 37.9 Å². The Morgan fingerprint density at radius 3 is 2.55 bits per heavy atom. The molecule has 6 rings (SSSR count). The number of aliphatic hydroxyl groups excluding tert-OH is 1. The summed E-state index contributed by atoms with van der Waals surface area (Å²) < 4.78 is 46.9. The van der Waals surface area contributed by atoms with E-state index < -0.39 is 45.2 Å². The summed E-state index contributed by atoms with van der Waals surface area (Å²) in [7, 11) is -1.99. The largest absolute Gasteiger partial charge is 0.374 e. The van der Waals surface area contributed by atoms with Crippen LogP contribution in [0.15, 0.2) is 40.9 Å². The molecule has 0 saturated carbocycles. The van der Waals surface area contributed by atoms with E-state index in [2.05, 4.69) is 10.6 Å². The van der Waals surface area contributed by atoms with Crippen molar-refractivity contribution in [2.75, 3.05) is 25.4 Å². The van der Waals surface area contributed by atoms with Crippen molar-refractivity contribution in [3.8, 4) is 0 Å². The smallest absolute Gasteiger partial charge is 0.329 e. The third kappa shape index (κ3) is 6.51. The molecular formula is C33H45FN6O6S. The first kappa shape index (κ1) is 33.4. The number of benzene rings is 1. The average Bonchev–Trinajstić information content (AvgIpc) is 3.26. The number of carbonyl (C=O) groups is 2. The maximum Gasteiger partial charge on any atom is 0.329 e. The zero-order chi connectivity index (χ0) is 33.7. The molecule has 3 amide bonds. The van der Waals surface area contributed by atoms with Crippen LogP contribution in [0.3, 0.4) is 0 Å². The second-order valence-corrected chi connectivity index (χ2v) is 16.0. The van der Waals surface area contributed by atoms with E-state index >= 15 is 4.39 Å². The number of imidazole rings is 1. The summed E-state index contributed by atoms with van der Waals surface area (Å²) in [6.45, 7) is 5.31. The Bertz CT molecular complexity index is 1790. The third-order valence-electron chi connectivity index (χ3n) is 10.3. The molecule has 14 heteroatoms. The number of nitrogens with one attached hydrogen (secondary N) is 2. The van der Waals surface area contributed by atoms with E-state index in [-0.39, 0.29) is 35.6 Å². The molecule has 256 valence electrons. The van der Waals surface area contributed by atoms with Crippen LogP contribution in [-0.4, -0.2) is 81.0 Å². The molecule has 3 saturated heterocycles. The maximum absolute atomic E-state index is 16.0. The Hall–Kier alpha value is -3.49. The Labute approximate surface area is 274 Å². The number of fused-ring (bicyclic) bond motifs is 1. The van der Waals surface area contributed by atoms with Crippen molar-refractivity contribution in [3.63, 3.8) is 0 Å². The number of nitrogens with zero attached hydrogens (tertiary/aromatic N) is 4. The van der Waals surface area contributed by atoms with Gasteiger partial charge in [-0.1, -0.05) is 24.6 Å². The quantitative estimate of drug-likeness (QED) is 0.430. The average molecular weight is 673 g/mol.